The van der Waals surface area contributed by atoms with Gasteiger partial charge in [0.1, 0.15) is 4.21 Å². The van der Waals surface area contributed by atoms with Crippen molar-refractivity contribution in [3.8, 4) is 0 Å². The van der Waals surface area contributed by atoms with Crippen LogP contribution < -0.4 is 9.62 Å². The molecule has 162 valence electrons. The van der Waals surface area contributed by atoms with Gasteiger partial charge in [0.05, 0.1) is 6.42 Å². The van der Waals surface area contributed by atoms with Gasteiger partial charge in [-0.25, -0.2) is 8.42 Å². The minimum absolute atomic E-state index is 0.0719. The summed E-state index contributed by atoms with van der Waals surface area (Å²) in [4.78, 5) is 16.8. The molecular formula is C22H22ClN3O3S2. The summed E-state index contributed by atoms with van der Waals surface area (Å²) in [6.07, 6.45) is 0.291. The Morgan fingerprint density at radius 1 is 0.968 bits per heavy atom. The molecule has 1 aliphatic heterocycles. The van der Waals surface area contributed by atoms with Crippen molar-refractivity contribution in [2.75, 3.05) is 35.8 Å². The van der Waals surface area contributed by atoms with Crippen LogP contribution in [0.2, 0.25) is 5.02 Å². The highest BCUT2D eigenvalue weighted by Crippen LogP contribution is 2.22. The van der Waals surface area contributed by atoms with Crippen LogP contribution in [0.5, 0.6) is 0 Å². The molecule has 1 saturated heterocycles. The molecule has 0 radical (unpaired) electrons. The standard InChI is InChI=1S/C22H22ClN3O3S2/c23-18-5-9-20(10-6-18)25-11-13-26(14-12-25)21(27)16-17-3-7-19(8-4-17)24-31(28,29)22-2-1-15-30-22/h1-10,15,24H,11-14,16H2. The Morgan fingerprint density at radius 2 is 1.65 bits per heavy atom. The summed E-state index contributed by atoms with van der Waals surface area (Å²) in [5, 5.41) is 2.43. The average Bonchev–Trinajstić information content (AvgIpc) is 3.32. The molecule has 1 aromatic heterocycles. The number of rotatable bonds is 6. The van der Waals surface area contributed by atoms with Gasteiger partial charge < -0.3 is 9.80 Å². The van der Waals surface area contributed by atoms with Gasteiger partial charge in [-0.1, -0.05) is 29.8 Å². The van der Waals surface area contributed by atoms with Crippen molar-refractivity contribution in [2.45, 2.75) is 10.6 Å². The second-order valence-corrected chi connectivity index (χ2v) is 10.5. The van der Waals surface area contributed by atoms with E-state index >= 15 is 0 Å². The number of piperazine rings is 1. The van der Waals surface area contributed by atoms with E-state index < -0.39 is 10.0 Å². The van der Waals surface area contributed by atoms with E-state index in [4.69, 9.17) is 11.6 Å². The summed E-state index contributed by atoms with van der Waals surface area (Å²) in [6, 6.07) is 17.9. The van der Waals surface area contributed by atoms with E-state index in [9.17, 15) is 13.2 Å². The first kappa shape index (κ1) is 21.7. The number of anilines is 2. The fraction of sp³-hybridized carbons (Fsp3) is 0.227. The number of halogens is 1. The zero-order valence-corrected chi connectivity index (χ0v) is 19.1. The Morgan fingerprint density at radius 3 is 2.26 bits per heavy atom. The third kappa shape index (κ3) is 5.39. The maximum Gasteiger partial charge on any atom is 0.271 e. The summed E-state index contributed by atoms with van der Waals surface area (Å²) < 4.78 is 27.4. The molecule has 31 heavy (non-hydrogen) atoms. The summed E-state index contributed by atoms with van der Waals surface area (Å²) in [6.45, 7) is 2.88. The Bertz CT molecular complexity index is 1120. The third-order valence-corrected chi connectivity index (χ3v) is 8.18. The van der Waals surface area contributed by atoms with Crippen LogP contribution in [-0.4, -0.2) is 45.4 Å². The van der Waals surface area contributed by atoms with Gasteiger partial charge in [0.15, 0.2) is 0 Å². The number of thiophene rings is 1. The Hall–Kier alpha value is -2.55. The van der Waals surface area contributed by atoms with E-state index in [0.717, 1.165) is 24.3 Å². The van der Waals surface area contributed by atoms with E-state index in [-0.39, 0.29) is 10.1 Å². The van der Waals surface area contributed by atoms with Gasteiger partial charge in [-0.15, -0.1) is 11.3 Å². The number of hydrogen-bond donors (Lipinski definition) is 1. The number of hydrogen-bond acceptors (Lipinski definition) is 5. The number of nitrogens with one attached hydrogen (secondary N) is 1. The van der Waals surface area contributed by atoms with Crippen molar-refractivity contribution >= 4 is 50.2 Å². The molecule has 0 bridgehead atoms. The molecule has 1 N–H and O–H groups in total. The van der Waals surface area contributed by atoms with Crippen LogP contribution in [-0.2, 0) is 21.2 Å². The summed E-state index contributed by atoms with van der Waals surface area (Å²) in [5.41, 5.74) is 2.43. The predicted molar refractivity (Wildman–Crippen MR) is 126 cm³/mol. The molecule has 2 heterocycles. The Balaban J connectivity index is 1.30. The van der Waals surface area contributed by atoms with Crippen LogP contribution in [0.25, 0.3) is 0 Å². The van der Waals surface area contributed by atoms with Crippen LogP contribution in [0.4, 0.5) is 11.4 Å². The minimum Gasteiger partial charge on any atom is -0.368 e. The molecule has 0 unspecified atom stereocenters. The zero-order chi connectivity index (χ0) is 21.8. The van der Waals surface area contributed by atoms with Gasteiger partial charge in [0.25, 0.3) is 10.0 Å². The highest BCUT2D eigenvalue weighted by molar-refractivity contribution is 7.94. The lowest BCUT2D eigenvalue weighted by Gasteiger charge is -2.36. The van der Waals surface area contributed by atoms with Gasteiger partial charge in [-0.2, -0.15) is 0 Å². The second-order valence-electron chi connectivity index (χ2n) is 7.26. The van der Waals surface area contributed by atoms with E-state index in [0.29, 0.717) is 30.2 Å². The Labute approximate surface area is 191 Å². The Kier molecular flexibility index (Phi) is 6.50. The molecule has 6 nitrogen and oxygen atoms in total. The molecule has 0 aliphatic carbocycles. The van der Waals surface area contributed by atoms with Crippen molar-refractivity contribution in [3.63, 3.8) is 0 Å². The number of sulfonamides is 1. The second kappa shape index (κ2) is 9.30. The average molecular weight is 476 g/mol. The third-order valence-electron chi connectivity index (χ3n) is 5.15. The van der Waals surface area contributed by atoms with Crippen molar-refractivity contribution < 1.29 is 13.2 Å². The molecule has 9 heteroatoms. The smallest absolute Gasteiger partial charge is 0.271 e. The van der Waals surface area contributed by atoms with Gasteiger partial charge in [0.2, 0.25) is 5.91 Å². The largest absolute Gasteiger partial charge is 0.368 e. The maximum atomic E-state index is 12.7. The number of carbonyl (C=O) groups excluding carboxylic acids is 1. The fourth-order valence-corrected chi connectivity index (χ4v) is 5.64. The van der Waals surface area contributed by atoms with Crippen LogP contribution in [0.1, 0.15) is 5.56 Å². The quantitative estimate of drug-likeness (QED) is 0.583. The van der Waals surface area contributed by atoms with Gasteiger partial charge in [0, 0.05) is 42.6 Å². The monoisotopic (exact) mass is 475 g/mol. The topological polar surface area (TPSA) is 69.7 Å². The molecule has 1 amide bonds. The lowest BCUT2D eigenvalue weighted by Crippen LogP contribution is -2.49. The van der Waals surface area contributed by atoms with E-state index in [1.807, 2.05) is 29.2 Å². The molecule has 4 rings (SSSR count). The van der Waals surface area contributed by atoms with Gasteiger partial charge in [-0.05, 0) is 53.4 Å². The van der Waals surface area contributed by atoms with E-state index in [2.05, 4.69) is 9.62 Å². The van der Waals surface area contributed by atoms with E-state index in [1.165, 1.54) is 11.3 Å². The normalized spacial score (nSPS) is 14.5. The van der Waals surface area contributed by atoms with Crippen LogP contribution in [0.15, 0.2) is 70.3 Å². The van der Waals surface area contributed by atoms with Crippen molar-refractivity contribution in [3.05, 3.63) is 76.6 Å². The minimum atomic E-state index is -3.57. The fourth-order valence-electron chi connectivity index (χ4n) is 3.46. The van der Waals surface area contributed by atoms with Gasteiger partial charge in [-0.3, -0.25) is 9.52 Å². The summed E-state index contributed by atoms with van der Waals surface area (Å²) >= 11 is 7.12. The maximum absolute atomic E-state index is 12.7. The summed E-state index contributed by atoms with van der Waals surface area (Å²) in [5.74, 6) is 0.0719. The number of amides is 1. The van der Waals surface area contributed by atoms with E-state index in [1.54, 1.807) is 41.8 Å². The lowest BCUT2D eigenvalue weighted by molar-refractivity contribution is -0.130. The first-order valence-corrected chi connectivity index (χ1v) is 12.6. The number of nitrogens with zero attached hydrogens (tertiary/aromatic N) is 2. The lowest BCUT2D eigenvalue weighted by atomic mass is 10.1. The summed E-state index contributed by atoms with van der Waals surface area (Å²) in [7, 11) is -3.57. The first-order valence-electron chi connectivity index (χ1n) is 9.84. The van der Waals surface area contributed by atoms with Crippen molar-refractivity contribution in [1.29, 1.82) is 0 Å². The van der Waals surface area contributed by atoms with Crippen LogP contribution >= 0.6 is 22.9 Å². The SMILES string of the molecule is O=C(Cc1ccc(NS(=O)(=O)c2cccs2)cc1)N1CCN(c2ccc(Cl)cc2)CC1. The predicted octanol–water partition coefficient (Wildman–Crippen LogP) is 4.09. The molecule has 0 saturated carbocycles. The van der Waals surface area contributed by atoms with Gasteiger partial charge >= 0.3 is 0 Å². The molecule has 1 fully saturated rings. The first-order chi connectivity index (χ1) is 14.9. The molecule has 2 aromatic carbocycles. The number of benzene rings is 2. The van der Waals surface area contributed by atoms with Crippen LogP contribution in [0.3, 0.4) is 0 Å². The molecule has 1 aliphatic rings. The molecular weight excluding hydrogens is 454 g/mol. The van der Waals surface area contributed by atoms with Crippen molar-refractivity contribution in [2.24, 2.45) is 0 Å². The van der Waals surface area contributed by atoms with Crippen molar-refractivity contribution in [1.82, 2.24) is 4.90 Å². The highest BCUT2D eigenvalue weighted by atomic mass is 35.5. The zero-order valence-electron chi connectivity index (χ0n) is 16.7. The molecule has 0 atom stereocenters. The molecule has 3 aromatic rings. The molecule has 0 spiro atoms. The number of carbonyl (C=O) groups is 1. The highest BCUT2D eigenvalue weighted by Gasteiger charge is 2.21. The van der Waals surface area contributed by atoms with Crippen LogP contribution in [0, 0.1) is 0 Å².